The standard InChI is InChI=1S/C31H36BrN3O4S/c1-3-29(31(37)33-26-11-7-8-12-26)34(21-24-18-16-23(2)17-19-24)30(36)22-35(27-13-9-10-25(32)20-27)40(38,39)28-14-5-4-6-15-28/h4-6,9-10,13-20,26,29H,3,7-8,11-12,21-22H2,1-2H3,(H,33,37). The normalized spacial score (nSPS) is 14.5. The van der Waals surface area contributed by atoms with E-state index in [-0.39, 0.29) is 23.4 Å². The molecule has 1 fully saturated rings. The Morgan fingerprint density at radius 3 is 2.27 bits per heavy atom. The lowest BCUT2D eigenvalue weighted by molar-refractivity contribution is -0.140. The summed E-state index contributed by atoms with van der Waals surface area (Å²) in [6.07, 6.45) is 4.41. The number of hydrogen-bond donors (Lipinski definition) is 1. The van der Waals surface area contributed by atoms with Gasteiger partial charge in [-0.05, 0) is 62.1 Å². The number of amides is 2. The van der Waals surface area contributed by atoms with Crippen LogP contribution in [0.25, 0.3) is 0 Å². The Bertz CT molecular complexity index is 1410. The van der Waals surface area contributed by atoms with Crippen LogP contribution in [0, 0.1) is 6.92 Å². The van der Waals surface area contributed by atoms with Crippen molar-refractivity contribution in [1.29, 1.82) is 0 Å². The molecule has 212 valence electrons. The number of halogens is 1. The van der Waals surface area contributed by atoms with Crippen molar-refractivity contribution in [3.05, 3.63) is 94.5 Å². The number of anilines is 1. The molecule has 40 heavy (non-hydrogen) atoms. The second-order valence-corrected chi connectivity index (χ2v) is 13.0. The van der Waals surface area contributed by atoms with Gasteiger partial charge in [-0.15, -0.1) is 0 Å². The molecule has 0 bridgehead atoms. The Hall–Kier alpha value is -3.17. The van der Waals surface area contributed by atoms with Crippen molar-refractivity contribution in [1.82, 2.24) is 10.2 Å². The molecule has 1 atom stereocenters. The van der Waals surface area contributed by atoms with Gasteiger partial charge in [-0.25, -0.2) is 8.42 Å². The van der Waals surface area contributed by atoms with Crippen LogP contribution in [0.2, 0.25) is 0 Å². The highest BCUT2D eigenvalue weighted by molar-refractivity contribution is 9.10. The van der Waals surface area contributed by atoms with E-state index in [2.05, 4.69) is 21.2 Å². The maximum atomic E-state index is 14.1. The third kappa shape index (κ3) is 7.31. The lowest BCUT2D eigenvalue weighted by atomic mass is 10.1. The van der Waals surface area contributed by atoms with Crippen molar-refractivity contribution in [3.8, 4) is 0 Å². The van der Waals surface area contributed by atoms with Crippen LogP contribution in [0.15, 0.2) is 88.2 Å². The van der Waals surface area contributed by atoms with Crippen LogP contribution in [-0.4, -0.2) is 43.8 Å². The molecule has 3 aromatic rings. The van der Waals surface area contributed by atoms with Crippen molar-refractivity contribution in [2.24, 2.45) is 0 Å². The summed E-state index contributed by atoms with van der Waals surface area (Å²) < 4.78 is 29.5. The molecule has 0 spiro atoms. The van der Waals surface area contributed by atoms with Gasteiger partial charge in [0.25, 0.3) is 10.0 Å². The van der Waals surface area contributed by atoms with Crippen LogP contribution < -0.4 is 9.62 Å². The summed E-state index contributed by atoms with van der Waals surface area (Å²) in [5, 5.41) is 3.14. The van der Waals surface area contributed by atoms with Crippen LogP contribution in [0.1, 0.15) is 50.2 Å². The Morgan fingerprint density at radius 2 is 1.65 bits per heavy atom. The Labute approximate surface area is 245 Å². The van der Waals surface area contributed by atoms with Gasteiger partial charge in [-0.1, -0.05) is 89.8 Å². The van der Waals surface area contributed by atoms with Gasteiger partial charge in [-0.3, -0.25) is 13.9 Å². The van der Waals surface area contributed by atoms with Gasteiger partial charge in [0.1, 0.15) is 12.6 Å². The molecule has 0 radical (unpaired) electrons. The molecule has 0 saturated heterocycles. The minimum atomic E-state index is -4.08. The maximum absolute atomic E-state index is 14.1. The van der Waals surface area contributed by atoms with E-state index in [1.807, 2.05) is 38.1 Å². The number of benzene rings is 3. The molecule has 0 heterocycles. The zero-order valence-electron chi connectivity index (χ0n) is 22.9. The van der Waals surface area contributed by atoms with Gasteiger partial charge in [0.15, 0.2) is 0 Å². The van der Waals surface area contributed by atoms with Crippen molar-refractivity contribution in [2.75, 3.05) is 10.8 Å². The molecule has 3 aromatic carbocycles. The molecule has 1 unspecified atom stereocenters. The van der Waals surface area contributed by atoms with Crippen LogP contribution in [0.3, 0.4) is 0 Å². The van der Waals surface area contributed by atoms with E-state index in [1.165, 1.54) is 17.0 Å². The number of carbonyl (C=O) groups excluding carboxylic acids is 2. The summed E-state index contributed by atoms with van der Waals surface area (Å²) in [6, 6.07) is 22.1. The zero-order valence-corrected chi connectivity index (χ0v) is 25.3. The van der Waals surface area contributed by atoms with E-state index < -0.39 is 28.5 Å². The third-order valence-corrected chi connectivity index (χ3v) is 9.55. The summed E-state index contributed by atoms with van der Waals surface area (Å²) >= 11 is 3.42. The van der Waals surface area contributed by atoms with Gasteiger partial charge in [0.05, 0.1) is 10.6 Å². The smallest absolute Gasteiger partial charge is 0.264 e. The Morgan fingerprint density at radius 1 is 0.975 bits per heavy atom. The van der Waals surface area contributed by atoms with Crippen LogP contribution >= 0.6 is 15.9 Å². The Kier molecular flexibility index (Phi) is 10.0. The molecule has 1 saturated carbocycles. The monoisotopic (exact) mass is 625 g/mol. The Balaban J connectivity index is 1.70. The van der Waals surface area contributed by atoms with E-state index in [0.29, 0.717) is 16.6 Å². The molecule has 0 aromatic heterocycles. The molecule has 4 rings (SSSR count). The van der Waals surface area contributed by atoms with Gasteiger partial charge in [-0.2, -0.15) is 0 Å². The lowest BCUT2D eigenvalue weighted by Gasteiger charge is -2.33. The fourth-order valence-corrected chi connectivity index (χ4v) is 6.87. The van der Waals surface area contributed by atoms with Crippen molar-refractivity contribution in [2.45, 2.75) is 69.5 Å². The summed E-state index contributed by atoms with van der Waals surface area (Å²) in [4.78, 5) is 29.2. The number of sulfonamides is 1. The van der Waals surface area contributed by atoms with E-state index >= 15 is 0 Å². The molecule has 1 aliphatic carbocycles. The predicted molar refractivity (Wildman–Crippen MR) is 161 cm³/mol. The van der Waals surface area contributed by atoms with Crippen molar-refractivity contribution < 1.29 is 18.0 Å². The average molecular weight is 627 g/mol. The second kappa shape index (κ2) is 13.5. The van der Waals surface area contributed by atoms with Crippen molar-refractivity contribution in [3.63, 3.8) is 0 Å². The predicted octanol–water partition coefficient (Wildman–Crippen LogP) is 5.82. The quantitative estimate of drug-likeness (QED) is 0.291. The molecular weight excluding hydrogens is 590 g/mol. The van der Waals surface area contributed by atoms with E-state index in [9.17, 15) is 18.0 Å². The zero-order chi connectivity index (χ0) is 28.7. The topological polar surface area (TPSA) is 86.8 Å². The highest BCUT2D eigenvalue weighted by Gasteiger charge is 2.34. The number of aryl methyl sites for hydroxylation is 1. The van der Waals surface area contributed by atoms with Gasteiger partial charge in [0, 0.05) is 17.1 Å². The van der Waals surface area contributed by atoms with Gasteiger partial charge in [0.2, 0.25) is 11.8 Å². The summed E-state index contributed by atoms with van der Waals surface area (Å²) in [5.41, 5.74) is 2.30. The minimum Gasteiger partial charge on any atom is -0.352 e. The summed E-state index contributed by atoms with van der Waals surface area (Å²) in [6.45, 7) is 3.60. The number of rotatable bonds is 11. The first-order chi connectivity index (χ1) is 19.2. The summed E-state index contributed by atoms with van der Waals surface area (Å²) in [5.74, 6) is -0.650. The van der Waals surface area contributed by atoms with E-state index in [1.54, 1.807) is 42.5 Å². The molecule has 2 amide bonds. The molecule has 1 aliphatic rings. The van der Waals surface area contributed by atoms with Crippen LogP contribution in [0.5, 0.6) is 0 Å². The average Bonchev–Trinajstić information content (AvgIpc) is 3.46. The first-order valence-corrected chi connectivity index (χ1v) is 15.9. The van der Waals surface area contributed by atoms with Crippen LogP contribution in [0.4, 0.5) is 5.69 Å². The minimum absolute atomic E-state index is 0.0823. The summed E-state index contributed by atoms with van der Waals surface area (Å²) in [7, 11) is -4.08. The highest BCUT2D eigenvalue weighted by Crippen LogP contribution is 2.27. The van der Waals surface area contributed by atoms with Gasteiger partial charge >= 0.3 is 0 Å². The molecule has 0 aliphatic heterocycles. The lowest BCUT2D eigenvalue weighted by Crippen LogP contribution is -2.53. The number of hydrogen-bond acceptors (Lipinski definition) is 4. The number of nitrogens with one attached hydrogen (secondary N) is 1. The van der Waals surface area contributed by atoms with E-state index in [0.717, 1.165) is 41.1 Å². The fourth-order valence-electron chi connectivity index (χ4n) is 5.06. The maximum Gasteiger partial charge on any atom is 0.264 e. The third-order valence-electron chi connectivity index (χ3n) is 7.27. The van der Waals surface area contributed by atoms with E-state index in [4.69, 9.17) is 0 Å². The molecular formula is C31H36BrN3O4S. The molecule has 1 N–H and O–H groups in total. The second-order valence-electron chi connectivity index (χ2n) is 10.2. The fraction of sp³-hybridized carbons (Fsp3) is 0.355. The number of nitrogens with zero attached hydrogens (tertiary/aromatic N) is 2. The highest BCUT2D eigenvalue weighted by atomic mass is 79.9. The SMILES string of the molecule is CCC(C(=O)NC1CCCC1)N(Cc1ccc(C)cc1)C(=O)CN(c1cccc(Br)c1)S(=O)(=O)c1ccccc1. The number of carbonyl (C=O) groups is 2. The largest absolute Gasteiger partial charge is 0.352 e. The van der Waals surface area contributed by atoms with Crippen molar-refractivity contribution >= 4 is 43.5 Å². The first kappa shape index (κ1) is 29.8. The first-order valence-electron chi connectivity index (χ1n) is 13.7. The van der Waals surface area contributed by atoms with Gasteiger partial charge < -0.3 is 10.2 Å². The van der Waals surface area contributed by atoms with Crippen LogP contribution in [-0.2, 0) is 26.2 Å². The molecule has 7 nitrogen and oxygen atoms in total. The molecule has 9 heteroatoms.